The highest BCUT2D eigenvalue weighted by Gasteiger charge is 2.16. The van der Waals surface area contributed by atoms with E-state index >= 15 is 0 Å². The van der Waals surface area contributed by atoms with Crippen LogP contribution < -0.4 is 5.32 Å². The summed E-state index contributed by atoms with van der Waals surface area (Å²) in [6.45, 7) is 5.24. The van der Waals surface area contributed by atoms with Crippen LogP contribution in [0.1, 0.15) is 19.3 Å². The van der Waals surface area contributed by atoms with Crippen LogP contribution in [0.15, 0.2) is 0 Å². The number of nitrogens with one attached hydrogen (secondary N) is 1. The van der Waals surface area contributed by atoms with Gasteiger partial charge in [-0.15, -0.1) is 0 Å². The molecule has 0 radical (unpaired) electrons. The minimum Gasteiger partial charge on any atom is -0.381 e. The highest BCUT2D eigenvalue weighted by atomic mass is 16.7. The van der Waals surface area contributed by atoms with Gasteiger partial charge in [-0.1, -0.05) is 0 Å². The van der Waals surface area contributed by atoms with Crippen molar-refractivity contribution < 1.29 is 14.2 Å². The van der Waals surface area contributed by atoms with E-state index in [4.69, 9.17) is 14.2 Å². The second-order valence-electron chi connectivity index (χ2n) is 4.33. The van der Waals surface area contributed by atoms with Crippen LogP contribution in [-0.4, -0.2) is 45.8 Å². The normalized spacial score (nSPS) is 32.0. The molecule has 2 rings (SSSR count). The van der Waals surface area contributed by atoms with Gasteiger partial charge in [0.15, 0.2) is 0 Å². The SMILES string of the molecule is C(CC1CCOC1)NCC1CCOCO1. The molecule has 1 N–H and O–H groups in total. The van der Waals surface area contributed by atoms with Gasteiger partial charge in [0.2, 0.25) is 0 Å². The molecule has 0 spiro atoms. The summed E-state index contributed by atoms with van der Waals surface area (Å²) in [7, 11) is 0. The molecule has 4 heteroatoms. The van der Waals surface area contributed by atoms with Gasteiger partial charge in [0.1, 0.15) is 6.79 Å². The average Bonchev–Trinajstić information content (AvgIpc) is 2.79. The van der Waals surface area contributed by atoms with Crippen molar-refractivity contribution in [3.8, 4) is 0 Å². The zero-order valence-corrected chi connectivity index (χ0v) is 9.24. The van der Waals surface area contributed by atoms with Crippen molar-refractivity contribution in [1.29, 1.82) is 0 Å². The number of hydrogen-bond acceptors (Lipinski definition) is 4. The molecule has 2 fully saturated rings. The van der Waals surface area contributed by atoms with E-state index in [1.54, 1.807) is 0 Å². The minimum atomic E-state index is 0.346. The fraction of sp³-hybridized carbons (Fsp3) is 1.00. The minimum absolute atomic E-state index is 0.346. The van der Waals surface area contributed by atoms with Gasteiger partial charge >= 0.3 is 0 Å². The molecule has 88 valence electrons. The Morgan fingerprint density at radius 1 is 1.13 bits per heavy atom. The van der Waals surface area contributed by atoms with Gasteiger partial charge in [0.05, 0.1) is 12.7 Å². The molecule has 2 heterocycles. The molecule has 2 unspecified atom stereocenters. The van der Waals surface area contributed by atoms with Gasteiger partial charge in [-0.05, 0) is 31.7 Å². The Kier molecular flexibility index (Phi) is 4.86. The first-order valence-electron chi connectivity index (χ1n) is 5.93. The van der Waals surface area contributed by atoms with E-state index in [-0.39, 0.29) is 0 Å². The van der Waals surface area contributed by atoms with Crippen LogP contribution >= 0.6 is 0 Å². The van der Waals surface area contributed by atoms with Crippen LogP contribution in [0.3, 0.4) is 0 Å². The lowest BCUT2D eigenvalue weighted by Crippen LogP contribution is -2.34. The molecule has 0 aromatic carbocycles. The van der Waals surface area contributed by atoms with E-state index in [1.807, 2.05) is 0 Å². The molecule has 2 aliphatic rings. The van der Waals surface area contributed by atoms with E-state index in [0.717, 1.165) is 45.2 Å². The molecule has 15 heavy (non-hydrogen) atoms. The Labute approximate surface area is 91.3 Å². The fourth-order valence-electron chi connectivity index (χ4n) is 2.04. The first kappa shape index (κ1) is 11.3. The third-order valence-corrected chi connectivity index (χ3v) is 3.10. The van der Waals surface area contributed by atoms with Crippen molar-refractivity contribution in [3.05, 3.63) is 0 Å². The molecule has 2 saturated heterocycles. The Hall–Kier alpha value is -0.160. The van der Waals surface area contributed by atoms with E-state index in [1.165, 1.54) is 12.8 Å². The molecule has 0 aromatic rings. The molecular weight excluding hydrogens is 194 g/mol. The van der Waals surface area contributed by atoms with Crippen LogP contribution in [0.2, 0.25) is 0 Å². The van der Waals surface area contributed by atoms with Crippen molar-refractivity contribution >= 4 is 0 Å². The average molecular weight is 215 g/mol. The maximum absolute atomic E-state index is 5.44. The second kappa shape index (κ2) is 6.43. The Morgan fingerprint density at radius 3 is 2.80 bits per heavy atom. The maximum Gasteiger partial charge on any atom is 0.147 e. The molecular formula is C11H21NO3. The lowest BCUT2D eigenvalue weighted by atomic mass is 10.1. The molecule has 4 nitrogen and oxygen atoms in total. The lowest BCUT2D eigenvalue weighted by molar-refractivity contribution is -0.137. The summed E-state index contributed by atoms with van der Waals surface area (Å²) in [6.07, 6.45) is 3.82. The number of rotatable bonds is 5. The Balaban J connectivity index is 1.47. The van der Waals surface area contributed by atoms with Crippen LogP contribution in [0, 0.1) is 5.92 Å². The van der Waals surface area contributed by atoms with Crippen LogP contribution in [-0.2, 0) is 14.2 Å². The molecule has 0 bridgehead atoms. The lowest BCUT2D eigenvalue weighted by Gasteiger charge is -2.23. The quantitative estimate of drug-likeness (QED) is 0.688. The van der Waals surface area contributed by atoms with Gasteiger partial charge in [0.25, 0.3) is 0 Å². The summed E-state index contributed by atoms with van der Waals surface area (Å²) in [5, 5.41) is 3.45. The van der Waals surface area contributed by atoms with E-state index in [9.17, 15) is 0 Å². The largest absolute Gasteiger partial charge is 0.381 e. The molecule has 2 aliphatic heterocycles. The van der Waals surface area contributed by atoms with Crippen molar-refractivity contribution in [1.82, 2.24) is 5.32 Å². The van der Waals surface area contributed by atoms with Crippen molar-refractivity contribution in [2.45, 2.75) is 25.4 Å². The predicted molar refractivity (Wildman–Crippen MR) is 56.7 cm³/mol. The molecule has 2 atom stereocenters. The van der Waals surface area contributed by atoms with Gasteiger partial charge < -0.3 is 19.5 Å². The van der Waals surface area contributed by atoms with Crippen LogP contribution in [0.5, 0.6) is 0 Å². The molecule has 0 aromatic heterocycles. The van der Waals surface area contributed by atoms with E-state index < -0.39 is 0 Å². The Bertz CT molecular complexity index is 165. The summed E-state index contributed by atoms with van der Waals surface area (Å²) in [5.41, 5.74) is 0. The van der Waals surface area contributed by atoms with Gasteiger partial charge in [0, 0.05) is 19.8 Å². The fourth-order valence-corrected chi connectivity index (χ4v) is 2.04. The smallest absolute Gasteiger partial charge is 0.147 e. The van der Waals surface area contributed by atoms with Crippen molar-refractivity contribution in [2.24, 2.45) is 5.92 Å². The van der Waals surface area contributed by atoms with Crippen LogP contribution in [0.25, 0.3) is 0 Å². The van der Waals surface area contributed by atoms with Gasteiger partial charge in [-0.3, -0.25) is 0 Å². The second-order valence-corrected chi connectivity index (χ2v) is 4.33. The first-order chi connectivity index (χ1) is 7.45. The third-order valence-electron chi connectivity index (χ3n) is 3.10. The standard InChI is InChI=1S/C11H21NO3/c1(10-2-5-13-8-10)4-12-7-11-3-6-14-9-15-11/h10-12H,1-9H2. The summed E-state index contributed by atoms with van der Waals surface area (Å²) in [4.78, 5) is 0. The first-order valence-corrected chi connectivity index (χ1v) is 5.93. The zero-order valence-electron chi connectivity index (χ0n) is 9.24. The van der Waals surface area contributed by atoms with Gasteiger partial charge in [-0.25, -0.2) is 0 Å². The predicted octanol–water partition coefficient (Wildman–Crippen LogP) is 0.766. The van der Waals surface area contributed by atoms with Crippen LogP contribution in [0.4, 0.5) is 0 Å². The van der Waals surface area contributed by atoms with E-state index in [0.29, 0.717) is 12.9 Å². The molecule has 0 saturated carbocycles. The van der Waals surface area contributed by atoms with Gasteiger partial charge in [-0.2, -0.15) is 0 Å². The summed E-state index contributed by atoms with van der Waals surface area (Å²) < 4.78 is 15.9. The molecule has 0 aliphatic carbocycles. The van der Waals surface area contributed by atoms with Crippen molar-refractivity contribution in [3.63, 3.8) is 0 Å². The summed E-state index contributed by atoms with van der Waals surface area (Å²) in [6, 6.07) is 0. The third kappa shape index (κ3) is 4.07. The summed E-state index contributed by atoms with van der Waals surface area (Å²) in [5.74, 6) is 0.771. The van der Waals surface area contributed by atoms with Crippen molar-refractivity contribution in [2.75, 3.05) is 39.7 Å². The maximum atomic E-state index is 5.44. The zero-order chi connectivity index (χ0) is 10.3. The number of ether oxygens (including phenoxy) is 3. The monoisotopic (exact) mass is 215 g/mol. The summed E-state index contributed by atoms with van der Waals surface area (Å²) >= 11 is 0. The Morgan fingerprint density at radius 2 is 2.07 bits per heavy atom. The highest BCUT2D eigenvalue weighted by molar-refractivity contribution is 4.68. The van der Waals surface area contributed by atoms with E-state index in [2.05, 4.69) is 5.32 Å². The number of hydrogen-bond donors (Lipinski definition) is 1. The topological polar surface area (TPSA) is 39.7 Å². The highest BCUT2D eigenvalue weighted by Crippen LogP contribution is 2.15. The molecule has 0 amide bonds.